The normalized spacial score (nSPS) is 18.2. The molecule has 1 fully saturated rings. The van der Waals surface area contributed by atoms with Crippen molar-refractivity contribution in [2.24, 2.45) is 5.41 Å². The van der Waals surface area contributed by atoms with Crippen molar-refractivity contribution in [2.45, 2.75) is 26.7 Å². The maximum absolute atomic E-state index is 11.9. The number of halogens is 1. The van der Waals surface area contributed by atoms with Crippen molar-refractivity contribution >= 4 is 23.3 Å². The fourth-order valence-electron chi connectivity index (χ4n) is 2.36. The van der Waals surface area contributed by atoms with Crippen LogP contribution < -0.4 is 4.90 Å². The van der Waals surface area contributed by atoms with Crippen LogP contribution in [0.4, 0.5) is 5.69 Å². The number of hydrogen-bond donors (Lipinski definition) is 0. The quantitative estimate of drug-likeness (QED) is 0.631. The lowest BCUT2D eigenvalue weighted by atomic mass is 9.80. The van der Waals surface area contributed by atoms with Crippen LogP contribution >= 0.6 is 11.6 Å². The molecule has 2 rings (SSSR count). The van der Waals surface area contributed by atoms with E-state index in [0.717, 1.165) is 31.6 Å². The smallest absolute Gasteiger partial charge is 0.311 e. The molecule has 1 aromatic rings. The topological polar surface area (TPSA) is 42.4 Å². The molecule has 0 aliphatic carbocycles. The van der Waals surface area contributed by atoms with E-state index in [1.807, 2.05) is 26.0 Å². The van der Waals surface area contributed by atoms with Gasteiger partial charge >= 0.3 is 5.97 Å². The second-order valence-corrected chi connectivity index (χ2v) is 5.49. The first kappa shape index (κ1) is 14.1. The number of piperidine rings is 1. The van der Waals surface area contributed by atoms with E-state index in [2.05, 4.69) is 9.88 Å². The average Bonchev–Trinajstić information content (AvgIpc) is 2.40. The van der Waals surface area contributed by atoms with Gasteiger partial charge in [-0.25, -0.2) is 4.98 Å². The molecule has 0 bridgehead atoms. The van der Waals surface area contributed by atoms with Crippen LogP contribution in [-0.2, 0) is 9.53 Å². The van der Waals surface area contributed by atoms with Gasteiger partial charge in [0.15, 0.2) is 0 Å². The zero-order valence-corrected chi connectivity index (χ0v) is 12.1. The Kier molecular flexibility index (Phi) is 4.30. The Morgan fingerprint density at radius 2 is 2.21 bits per heavy atom. The van der Waals surface area contributed by atoms with Crippen molar-refractivity contribution in [2.75, 3.05) is 24.6 Å². The standard InChI is InChI=1S/C14H19ClN2O2/c1-3-19-13(18)14(2)5-8-17(9-6-14)11-4-7-16-12(15)10-11/h4,7,10H,3,5-6,8-9H2,1-2H3. The maximum Gasteiger partial charge on any atom is 0.311 e. The molecule has 19 heavy (non-hydrogen) atoms. The number of pyridine rings is 1. The van der Waals surface area contributed by atoms with Gasteiger partial charge in [-0.1, -0.05) is 11.6 Å². The third-order valence-electron chi connectivity index (χ3n) is 3.71. The zero-order valence-electron chi connectivity index (χ0n) is 11.4. The fourth-order valence-corrected chi connectivity index (χ4v) is 2.52. The van der Waals surface area contributed by atoms with E-state index in [4.69, 9.17) is 16.3 Å². The summed E-state index contributed by atoms with van der Waals surface area (Å²) in [6.45, 7) is 5.93. The van der Waals surface area contributed by atoms with Crippen molar-refractivity contribution in [1.29, 1.82) is 0 Å². The van der Waals surface area contributed by atoms with Gasteiger partial charge < -0.3 is 9.64 Å². The van der Waals surface area contributed by atoms with Crippen LogP contribution in [0.5, 0.6) is 0 Å². The second kappa shape index (κ2) is 5.78. The van der Waals surface area contributed by atoms with E-state index in [9.17, 15) is 4.79 Å². The van der Waals surface area contributed by atoms with E-state index >= 15 is 0 Å². The number of carbonyl (C=O) groups is 1. The maximum atomic E-state index is 11.9. The van der Waals surface area contributed by atoms with E-state index in [0.29, 0.717) is 11.8 Å². The fraction of sp³-hybridized carbons (Fsp3) is 0.571. The van der Waals surface area contributed by atoms with E-state index in [-0.39, 0.29) is 11.4 Å². The van der Waals surface area contributed by atoms with Gasteiger partial charge in [0.05, 0.1) is 12.0 Å². The SMILES string of the molecule is CCOC(=O)C1(C)CCN(c2ccnc(Cl)c2)CC1. The van der Waals surface area contributed by atoms with E-state index in [1.165, 1.54) is 0 Å². The number of hydrogen-bond acceptors (Lipinski definition) is 4. The Hall–Kier alpha value is -1.29. The molecular weight excluding hydrogens is 264 g/mol. The molecular formula is C14H19ClN2O2. The van der Waals surface area contributed by atoms with Gasteiger partial charge in [0, 0.05) is 25.0 Å². The van der Waals surface area contributed by atoms with E-state index < -0.39 is 0 Å². The summed E-state index contributed by atoms with van der Waals surface area (Å²) in [5.41, 5.74) is 0.703. The molecule has 2 heterocycles. The predicted molar refractivity (Wildman–Crippen MR) is 75.4 cm³/mol. The average molecular weight is 283 g/mol. The lowest BCUT2D eigenvalue weighted by Gasteiger charge is -2.38. The highest BCUT2D eigenvalue weighted by atomic mass is 35.5. The van der Waals surface area contributed by atoms with Crippen molar-refractivity contribution in [3.05, 3.63) is 23.5 Å². The number of nitrogens with zero attached hydrogens (tertiary/aromatic N) is 2. The van der Waals surface area contributed by atoms with Crippen LogP contribution in [0.2, 0.25) is 5.15 Å². The summed E-state index contributed by atoms with van der Waals surface area (Å²) in [7, 11) is 0. The van der Waals surface area contributed by atoms with Crippen molar-refractivity contribution in [1.82, 2.24) is 4.98 Å². The van der Waals surface area contributed by atoms with Gasteiger partial charge in [0.1, 0.15) is 5.15 Å². The number of anilines is 1. The second-order valence-electron chi connectivity index (χ2n) is 5.10. The minimum atomic E-state index is -0.358. The number of ether oxygens (including phenoxy) is 1. The monoisotopic (exact) mass is 282 g/mol. The summed E-state index contributed by atoms with van der Waals surface area (Å²) in [5, 5.41) is 0.497. The van der Waals surface area contributed by atoms with Crippen LogP contribution in [-0.4, -0.2) is 30.6 Å². The summed E-state index contributed by atoms with van der Waals surface area (Å²) in [4.78, 5) is 18.2. The summed E-state index contributed by atoms with van der Waals surface area (Å²) < 4.78 is 5.16. The molecule has 0 aromatic carbocycles. The molecule has 4 nitrogen and oxygen atoms in total. The molecule has 0 unspecified atom stereocenters. The van der Waals surface area contributed by atoms with Crippen molar-refractivity contribution < 1.29 is 9.53 Å². The third-order valence-corrected chi connectivity index (χ3v) is 3.92. The van der Waals surface area contributed by atoms with Crippen LogP contribution in [0.15, 0.2) is 18.3 Å². The van der Waals surface area contributed by atoms with Gasteiger partial charge in [0.25, 0.3) is 0 Å². The summed E-state index contributed by atoms with van der Waals surface area (Å²) in [6.07, 6.45) is 3.30. The molecule has 1 aliphatic heterocycles. The van der Waals surface area contributed by atoms with Gasteiger partial charge in [-0.05, 0) is 38.8 Å². The van der Waals surface area contributed by atoms with Crippen LogP contribution in [0, 0.1) is 5.41 Å². The lowest BCUT2D eigenvalue weighted by Crippen LogP contribution is -2.43. The molecule has 104 valence electrons. The minimum absolute atomic E-state index is 0.0811. The molecule has 0 atom stereocenters. The van der Waals surface area contributed by atoms with Gasteiger partial charge in [-0.3, -0.25) is 4.79 Å². The molecule has 0 saturated carbocycles. The Morgan fingerprint density at radius 3 is 2.79 bits per heavy atom. The molecule has 0 spiro atoms. The number of carbonyl (C=O) groups excluding carboxylic acids is 1. The summed E-state index contributed by atoms with van der Waals surface area (Å²) in [6, 6.07) is 3.80. The zero-order chi connectivity index (χ0) is 13.9. The van der Waals surface area contributed by atoms with Crippen molar-refractivity contribution in [3.8, 4) is 0 Å². The van der Waals surface area contributed by atoms with Crippen molar-refractivity contribution in [3.63, 3.8) is 0 Å². The summed E-state index contributed by atoms with van der Waals surface area (Å²) >= 11 is 5.90. The van der Waals surface area contributed by atoms with Crippen LogP contribution in [0.3, 0.4) is 0 Å². The first-order chi connectivity index (χ1) is 9.05. The van der Waals surface area contributed by atoms with Gasteiger partial charge in [-0.2, -0.15) is 0 Å². The first-order valence-electron chi connectivity index (χ1n) is 6.59. The predicted octanol–water partition coefficient (Wildman–Crippen LogP) is 2.90. The van der Waals surface area contributed by atoms with Gasteiger partial charge in [-0.15, -0.1) is 0 Å². The molecule has 0 radical (unpaired) electrons. The molecule has 0 N–H and O–H groups in total. The highest BCUT2D eigenvalue weighted by Gasteiger charge is 2.38. The number of rotatable bonds is 3. The molecule has 1 aromatic heterocycles. The molecule has 5 heteroatoms. The van der Waals surface area contributed by atoms with Crippen LogP contribution in [0.1, 0.15) is 26.7 Å². The van der Waals surface area contributed by atoms with Crippen LogP contribution in [0.25, 0.3) is 0 Å². The largest absolute Gasteiger partial charge is 0.466 e. The minimum Gasteiger partial charge on any atom is -0.466 e. The van der Waals surface area contributed by atoms with Gasteiger partial charge in [0.2, 0.25) is 0 Å². The highest BCUT2D eigenvalue weighted by Crippen LogP contribution is 2.34. The molecule has 1 aliphatic rings. The Labute approximate surface area is 118 Å². The lowest BCUT2D eigenvalue weighted by molar-refractivity contribution is -0.155. The molecule has 1 saturated heterocycles. The van der Waals surface area contributed by atoms with E-state index in [1.54, 1.807) is 6.20 Å². The molecule has 0 amide bonds. The Bertz CT molecular complexity index is 457. The number of esters is 1. The summed E-state index contributed by atoms with van der Waals surface area (Å²) in [5.74, 6) is -0.0811. The first-order valence-corrected chi connectivity index (χ1v) is 6.97. The highest BCUT2D eigenvalue weighted by molar-refractivity contribution is 6.29. The number of aromatic nitrogens is 1. The Morgan fingerprint density at radius 1 is 1.53 bits per heavy atom. The third kappa shape index (κ3) is 3.18. The Balaban J connectivity index is 2.01.